The lowest BCUT2D eigenvalue weighted by atomic mass is 9.91. The van der Waals surface area contributed by atoms with E-state index in [-0.39, 0.29) is 0 Å². The minimum absolute atomic E-state index is 0.681. The van der Waals surface area contributed by atoms with Crippen molar-refractivity contribution in [2.45, 2.75) is 6.04 Å². The maximum Gasteiger partial charge on any atom is 0.113 e. The van der Waals surface area contributed by atoms with Crippen molar-refractivity contribution in [1.29, 1.82) is 0 Å². The molecular weight excluding hydrogens is 278 g/mol. The Balaban J connectivity index is 1.84. The minimum atomic E-state index is 0.681. The summed E-state index contributed by atoms with van der Waals surface area (Å²) in [4.78, 5) is 9.25. The van der Waals surface area contributed by atoms with Crippen molar-refractivity contribution in [3.63, 3.8) is 0 Å². The van der Waals surface area contributed by atoms with Crippen molar-refractivity contribution in [2.24, 2.45) is 5.92 Å². The molecule has 0 aliphatic carbocycles. The van der Waals surface area contributed by atoms with Gasteiger partial charge in [0.05, 0.1) is 11.9 Å². The van der Waals surface area contributed by atoms with Crippen LogP contribution in [0.1, 0.15) is 5.56 Å². The van der Waals surface area contributed by atoms with Gasteiger partial charge in [-0.25, -0.2) is 4.98 Å². The van der Waals surface area contributed by atoms with Crippen LogP contribution in [0.5, 0.6) is 0 Å². The predicted octanol–water partition coefficient (Wildman–Crippen LogP) is 2.24. The quantitative estimate of drug-likeness (QED) is 0.780. The highest BCUT2D eigenvalue weighted by molar-refractivity contribution is 9.10. The molecule has 1 aromatic rings. The highest BCUT2D eigenvalue weighted by atomic mass is 79.9. The molecule has 0 N–H and O–H groups in total. The Labute approximate surface area is 110 Å². The summed E-state index contributed by atoms with van der Waals surface area (Å²) in [6.45, 7) is 7.39. The van der Waals surface area contributed by atoms with Crippen molar-refractivity contribution in [3.8, 4) is 0 Å². The molecule has 2 fully saturated rings. The molecule has 4 heteroatoms. The van der Waals surface area contributed by atoms with E-state index < -0.39 is 0 Å². The van der Waals surface area contributed by atoms with E-state index in [4.69, 9.17) is 0 Å². The van der Waals surface area contributed by atoms with Crippen LogP contribution < -0.4 is 4.90 Å². The van der Waals surface area contributed by atoms with Crippen LogP contribution in [-0.2, 0) is 0 Å². The Hall–Kier alpha value is -0.870. The zero-order valence-electron chi connectivity index (χ0n) is 9.93. The zero-order chi connectivity index (χ0) is 12.0. The Kier molecular flexibility index (Phi) is 2.71. The Bertz CT molecular complexity index is 460. The topological polar surface area (TPSA) is 19.4 Å². The molecule has 90 valence electrons. The van der Waals surface area contributed by atoms with Gasteiger partial charge in [0.1, 0.15) is 4.60 Å². The van der Waals surface area contributed by atoms with Crippen LogP contribution in [0.3, 0.4) is 0 Å². The smallest absolute Gasteiger partial charge is 0.113 e. The Morgan fingerprint density at radius 1 is 1.47 bits per heavy atom. The van der Waals surface area contributed by atoms with Gasteiger partial charge < -0.3 is 9.80 Å². The first-order valence-corrected chi connectivity index (χ1v) is 6.71. The number of aromatic nitrogens is 1. The van der Waals surface area contributed by atoms with E-state index >= 15 is 0 Å². The van der Waals surface area contributed by atoms with Gasteiger partial charge in [-0.3, -0.25) is 0 Å². The normalized spacial score (nSPS) is 27.8. The zero-order valence-corrected chi connectivity index (χ0v) is 11.5. The van der Waals surface area contributed by atoms with Crippen LogP contribution in [0.25, 0.3) is 6.08 Å². The van der Waals surface area contributed by atoms with Crippen molar-refractivity contribution in [3.05, 3.63) is 29.0 Å². The molecule has 3 rings (SSSR count). The fourth-order valence-corrected chi connectivity index (χ4v) is 3.28. The molecule has 0 bridgehead atoms. The van der Waals surface area contributed by atoms with Gasteiger partial charge >= 0.3 is 0 Å². The standard InChI is InChI=1S/C13H16BrN3/c1-3-9-4-11(5-15-13(9)14)17-7-10-6-16(2)8-12(10)17/h3-5,10,12H,1,6-8H2,2H3/t10-,12+/m1/s1. The summed E-state index contributed by atoms with van der Waals surface area (Å²) in [5.74, 6) is 0.843. The highest BCUT2D eigenvalue weighted by Crippen LogP contribution is 2.36. The van der Waals surface area contributed by atoms with E-state index in [1.807, 2.05) is 12.3 Å². The molecule has 3 heterocycles. The largest absolute Gasteiger partial charge is 0.365 e. The molecular formula is C13H16BrN3. The highest BCUT2D eigenvalue weighted by Gasteiger charge is 2.44. The first kappa shape index (κ1) is 11.2. The number of hydrogen-bond acceptors (Lipinski definition) is 3. The fraction of sp³-hybridized carbons (Fsp3) is 0.462. The lowest BCUT2D eigenvalue weighted by molar-refractivity contribution is 0.361. The monoisotopic (exact) mass is 293 g/mol. The first-order valence-electron chi connectivity index (χ1n) is 5.92. The van der Waals surface area contributed by atoms with Gasteiger partial charge in [0, 0.05) is 37.2 Å². The molecule has 3 nitrogen and oxygen atoms in total. The number of pyridine rings is 1. The van der Waals surface area contributed by atoms with Gasteiger partial charge in [0.25, 0.3) is 0 Å². The van der Waals surface area contributed by atoms with Crippen LogP contribution in [0.2, 0.25) is 0 Å². The third kappa shape index (κ3) is 1.79. The number of rotatable bonds is 2. The van der Waals surface area contributed by atoms with Gasteiger partial charge in [-0.05, 0) is 29.0 Å². The van der Waals surface area contributed by atoms with E-state index in [2.05, 4.69) is 50.4 Å². The number of nitrogens with zero attached hydrogens (tertiary/aromatic N) is 3. The summed E-state index contributed by atoms with van der Waals surface area (Å²) in [5, 5.41) is 0. The molecule has 2 aliphatic rings. The second kappa shape index (κ2) is 4.10. The maximum atomic E-state index is 4.38. The molecule has 0 amide bonds. The number of halogens is 1. The van der Waals surface area contributed by atoms with Crippen LogP contribution >= 0.6 is 15.9 Å². The van der Waals surface area contributed by atoms with Gasteiger partial charge in [0.2, 0.25) is 0 Å². The lowest BCUT2D eigenvalue weighted by Gasteiger charge is -2.45. The first-order chi connectivity index (χ1) is 8.19. The summed E-state index contributed by atoms with van der Waals surface area (Å²) in [6.07, 6.45) is 3.80. The molecule has 2 atom stereocenters. The molecule has 0 radical (unpaired) electrons. The van der Waals surface area contributed by atoms with E-state index in [1.165, 1.54) is 18.8 Å². The van der Waals surface area contributed by atoms with Crippen molar-refractivity contribution >= 4 is 27.7 Å². The second-order valence-electron chi connectivity index (χ2n) is 4.98. The lowest BCUT2D eigenvalue weighted by Crippen LogP contribution is -2.55. The number of likely N-dealkylation sites (tertiary alicyclic amines) is 1. The molecule has 0 saturated carbocycles. The fourth-order valence-electron chi connectivity index (χ4n) is 2.90. The summed E-state index contributed by atoms with van der Waals surface area (Å²) in [5.41, 5.74) is 2.29. The second-order valence-corrected chi connectivity index (χ2v) is 5.73. The van der Waals surface area contributed by atoms with Crippen LogP contribution in [0, 0.1) is 5.92 Å². The van der Waals surface area contributed by atoms with Crippen LogP contribution in [0.15, 0.2) is 23.4 Å². The van der Waals surface area contributed by atoms with Crippen molar-refractivity contribution < 1.29 is 0 Å². The molecule has 1 aromatic heterocycles. The average Bonchev–Trinajstić information content (AvgIpc) is 2.59. The average molecular weight is 294 g/mol. The van der Waals surface area contributed by atoms with Crippen molar-refractivity contribution in [1.82, 2.24) is 9.88 Å². The molecule has 17 heavy (non-hydrogen) atoms. The van der Waals surface area contributed by atoms with Crippen molar-refractivity contribution in [2.75, 3.05) is 31.6 Å². The predicted molar refractivity (Wildman–Crippen MR) is 74.1 cm³/mol. The van der Waals surface area contributed by atoms with E-state index in [0.29, 0.717) is 6.04 Å². The molecule has 0 aromatic carbocycles. The molecule has 0 spiro atoms. The van der Waals surface area contributed by atoms with Gasteiger partial charge in [-0.1, -0.05) is 12.7 Å². The van der Waals surface area contributed by atoms with Gasteiger partial charge in [0.15, 0.2) is 0 Å². The molecule has 0 unspecified atom stereocenters. The number of fused-ring (bicyclic) bond motifs is 1. The third-order valence-corrected chi connectivity index (χ3v) is 4.49. The van der Waals surface area contributed by atoms with Crippen LogP contribution in [0.4, 0.5) is 5.69 Å². The minimum Gasteiger partial charge on any atom is -0.365 e. The number of anilines is 1. The van der Waals surface area contributed by atoms with Gasteiger partial charge in [-0.15, -0.1) is 0 Å². The van der Waals surface area contributed by atoms with Gasteiger partial charge in [-0.2, -0.15) is 0 Å². The Morgan fingerprint density at radius 2 is 2.29 bits per heavy atom. The summed E-state index contributed by atoms with van der Waals surface area (Å²) in [6, 6.07) is 2.85. The SMILES string of the molecule is C=Cc1cc(N2C[C@H]3CN(C)C[C@@H]32)cnc1Br. The van der Waals surface area contributed by atoms with E-state index in [1.54, 1.807) is 0 Å². The summed E-state index contributed by atoms with van der Waals surface area (Å²) < 4.78 is 0.872. The van der Waals surface area contributed by atoms with E-state index in [9.17, 15) is 0 Å². The van der Waals surface area contributed by atoms with E-state index in [0.717, 1.165) is 22.6 Å². The number of likely N-dealkylation sites (N-methyl/N-ethyl adjacent to an activating group) is 1. The Morgan fingerprint density at radius 3 is 3.00 bits per heavy atom. The maximum absolute atomic E-state index is 4.38. The molecule has 2 aliphatic heterocycles. The summed E-state index contributed by atoms with van der Waals surface area (Å²) >= 11 is 3.44. The third-order valence-electron chi connectivity index (χ3n) is 3.82. The summed E-state index contributed by atoms with van der Waals surface area (Å²) in [7, 11) is 2.20. The molecule has 2 saturated heterocycles. The van der Waals surface area contributed by atoms with Crippen LogP contribution in [-0.4, -0.2) is 42.6 Å². The number of hydrogen-bond donors (Lipinski definition) is 0.